The molecule has 0 radical (unpaired) electrons. The van der Waals surface area contributed by atoms with Crippen molar-refractivity contribution in [2.75, 3.05) is 0 Å². The van der Waals surface area contributed by atoms with Crippen LogP contribution in [-0.4, -0.2) is 25.5 Å². The Morgan fingerprint density at radius 3 is 2.56 bits per heavy atom. The average molecular weight is 312 g/mol. The Bertz CT molecular complexity index is 524. The molecular weight excluding hydrogens is 298 g/mol. The molecule has 0 unspecified atom stereocenters. The molecule has 0 aliphatic rings. The Kier molecular flexibility index (Phi) is 5.15. The van der Waals surface area contributed by atoms with Gasteiger partial charge < -0.3 is 5.11 Å². The van der Waals surface area contributed by atoms with Crippen molar-refractivity contribution in [1.82, 2.24) is 4.72 Å². The molecule has 1 atom stereocenters. The van der Waals surface area contributed by atoms with Crippen molar-refractivity contribution in [3.05, 3.63) is 16.5 Å². The van der Waals surface area contributed by atoms with Crippen LogP contribution in [0.15, 0.2) is 15.7 Å². The van der Waals surface area contributed by atoms with Crippen molar-refractivity contribution >= 4 is 38.9 Å². The van der Waals surface area contributed by atoms with E-state index in [0.29, 0.717) is 0 Å². The molecule has 0 aliphatic carbocycles. The van der Waals surface area contributed by atoms with Gasteiger partial charge in [-0.15, -0.1) is 11.3 Å². The molecule has 1 heterocycles. The Balaban J connectivity index is 2.94. The number of halogens is 1. The van der Waals surface area contributed by atoms with Gasteiger partial charge in [0.1, 0.15) is 6.04 Å². The van der Waals surface area contributed by atoms with Crippen molar-refractivity contribution in [2.24, 2.45) is 5.92 Å². The van der Waals surface area contributed by atoms with E-state index in [1.807, 2.05) is 13.8 Å². The zero-order valence-electron chi connectivity index (χ0n) is 9.88. The molecule has 1 rings (SSSR count). The first kappa shape index (κ1) is 15.4. The van der Waals surface area contributed by atoms with Crippen LogP contribution in [0.4, 0.5) is 0 Å². The molecule has 0 spiro atoms. The number of carbonyl (C=O) groups is 1. The Labute approximate surface area is 115 Å². The van der Waals surface area contributed by atoms with Gasteiger partial charge >= 0.3 is 5.97 Å². The van der Waals surface area contributed by atoms with Gasteiger partial charge in [-0.05, 0) is 23.8 Å². The van der Waals surface area contributed by atoms with Gasteiger partial charge in [-0.25, -0.2) is 8.42 Å². The minimum Gasteiger partial charge on any atom is -0.480 e. The topological polar surface area (TPSA) is 83.5 Å². The van der Waals surface area contributed by atoms with Crippen molar-refractivity contribution < 1.29 is 18.3 Å². The lowest BCUT2D eigenvalue weighted by Gasteiger charge is -2.16. The number of sulfonamides is 1. The number of nitrogens with one attached hydrogen (secondary N) is 1. The molecule has 0 aromatic carbocycles. The van der Waals surface area contributed by atoms with Crippen LogP contribution in [0.5, 0.6) is 0 Å². The molecule has 102 valence electrons. The zero-order chi connectivity index (χ0) is 13.9. The molecule has 0 bridgehead atoms. The molecule has 0 amide bonds. The van der Waals surface area contributed by atoms with Crippen molar-refractivity contribution in [3.63, 3.8) is 0 Å². The summed E-state index contributed by atoms with van der Waals surface area (Å²) in [5, 5.41) is 10.6. The van der Waals surface area contributed by atoms with Gasteiger partial charge in [0, 0.05) is 0 Å². The normalized spacial score (nSPS) is 13.8. The number of thiophene rings is 1. The van der Waals surface area contributed by atoms with Crippen molar-refractivity contribution in [3.8, 4) is 0 Å². The fourth-order valence-corrected chi connectivity index (χ4v) is 4.29. The quantitative estimate of drug-likeness (QED) is 0.843. The minimum atomic E-state index is -3.88. The summed E-state index contributed by atoms with van der Waals surface area (Å²) in [6, 6.07) is 0.312. The lowest BCUT2D eigenvalue weighted by atomic mass is 10.1. The van der Waals surface area contributed by atoms with E-state index in [2.05, 4.69) is 4.72 Å². The van der Waals surface area contributed by atoms with E-state index in [0.717, 1.165) is 11.3 Å². The van der Waals surface area contributed by atoms with Gasteiger partial charge in [-0.2, -0.15) is 4.72 Å². The maximum absolute atomic E-state index is 12.0. The Hall–Kier alpha value is -0.630. The van der Waals surface area contributed by atoms with Crippen LogP contribution >= 0.6 is 22.9 Å². The average Bonchev–Trinajstić information content (AvgIpc) is 2.62. The summed E-state index contributed by atoms with van der Waals surface area (Å²) in [5.74, 6) is -1.13. The van der Waals surface area contributed by atoms with Crippen LogP contribution in [0.3, 0.4) is 0 Å². The van der Waals surface area contributed by atoms with E-state index in [1.165, 1.54) is 11.4 Å². The number of rotatable bonds is 6. The summed E-state index contributed by atoms with van der Waals surface area (Å²) in [7, 11) is -3.88. The second-order valence-corrected chi connectivity index (χ2v) is 7.43. The van der Waals surface area contributed by atoms with Crippen LogP contribution in [0.1, 0.15) is 20.3 Å². The third-order valence-electron chi connectivity index (χ3n) is 2.13. The van der Waals surface area contributed by atoms with Gasteiger partial charge in [-0.3, -0.25) is 4.79 Å². The maximum atomic E-state index is 12.0. The largest absolute Gasteiger partial charge is 0.480 e. The zero-order valence-corrected chi connectivity index (χ0v) is 12.3. The third kappa shape index (κ3) is 3.94. The van der Waals surface area contributed by atoms with Gasteiger partial charge in [0.25, 0.3) is 10.0 Å². The van der Waals surface area contributed by atoms with E-state index in [-0.39, 0.29) is 21.6 Å². The highest BCUT2D eigenvalue weighted by atomic mass is 35.5. The monoisotopic (exact) mass is 311 g/mol. The number of aliphatic carboxylic acids is 1. The molecule has 1 aromatic rings. The van der Waals surface area contributed by atoms with Crippen LogP contribution in [0.25, 0.3) is 0 Å². The highest BCUT2D eigenvalue weighted by Gasteiger charge is 2.28. The highest BCUT2D eigenvalue weighted by Crippen LogP contribution is 2.27. The summed E-state index contributed by atoms with van der Waals surface area (Å²) in [4.78, 5) is 11.0. The van der Waals surface area contributed by atoms with Crippen molar-refractivity contribution in [1.29, 1.82) is 0 Å². The summed E-state index contributed by atoms with van der Waals surface area (Å²) in [6.07, 6.45) is 0.220. The van der Waals surface area contributed by atoms with E-state index >= 15 is 0 Å². The Morgan fingerprint density at radius 2 is 2.17 bits per heavy atom. The van der Waals surface area contributed by atoms with Gasteiger partial charge in [0.05, 0.1) is 5.02 Å². The molecule has 2 N–H and O–H groups in total. The maximum Gasteiger partial charge on any atom is 0.321 e. The lowest BCUT2D eigenvalue weighted by molar-refractivity contribution is -0.139. The fourth-order valence-electron chi connectivity index (χ4n) is 1.38. The molecular formula is C10H14ClNO4S2. The molecule has 1 aromatic heterocycles. The van der Waals surface area contributed by atoms with Crippen molar-refractivity contribution in [2.45, 2.75) is 30.5 Å². The predicted molar refractivity (Wildman–Crippen MR) is 70.5 cm³/mol. The summed E-state index contributed by atoms with van der Waals surface area (Å²) in [6.45, 7) is 3.64. The molecule has 8 heteroatoms. The first-order chi connectivity index (χ1) is 8.24. The van der Waals surface area contributed by atoms with E-state index in [9.17, 15) is 13.2 Å². The second kappa shape index (κ2) is 6.01. The van der Waals surface area contributed by atoms with Crippen LogP contribution in [0, 0.1) is 5.92 Å². The summed E-state index contributed by atoms with van der Waals surface area (Å²) >= 11 is 6.69. The van der Waals surface area contributed by atoms with E-state index in [1.54, 1.807) is 0 Å². The van der Waals surface area contributed by atoms with E-state index < -0.39 is 22.0 Å². The number of hydrogen-bond donors (Lipinski definition) is 2. The van der Waals surface area contributed by atoms with Gasteiger partial charge in [0.2, 0.25) is 0 Å². The molecule has 18 heavy (non-hydrogen) atoms. The molecule has 0 fully saturated rings. The van der Waals surface area contributed by atoms with Gasteiger partial charge in [-0.1, -0.05) is 25.4 Å². The predicted octanol–water partition coefficient (Wildman–Crippen LogP) is 2.18. The standard InChI is InChI=1S/C10H14ClNO4S2/c1-6(2)5-8(9(13)14)12-18(15,16)10-7(11)3-4-17-10/h3-4,6,8,12H,5H2,1-2H3,(H,13,14)/t8-/m1/s1. The second-order valence-electron chi connectivity index (χ2n) is 4.20. The minimum absolute atomic E-state index is 0.0563. The van der Waals surface area contributed by atoms with Crippen LogP contribution in [0.2, 0.25) is 5.02 Å². The molecule has 5 nitrogen and oxygen atoms in total. The van der Waals surface area contributed by atoms with E-state index in [4.69, 9.17) is 16.7 Å². The number of carboxylic acid groups (broad SMARTS) is 1. The Morgan fingerprint density at radius 1 is 1.56 bits per heavy atom. The van der Waals surface area contributed by atoms with Gasteiger partial charge in [0.15, 0.2) is 4.21 Å². The summed E-state index contributed by atoms with van der Waals surface area (Å²) < 4.78 is 26.0. The molecule has 0 saturated carbocycles. The smallest absolute Gasteiger partial charge is 0.321 e. The molecule has 0 aliphatic heterocycles. The summed E-state index contributed by atoms with van der Waals surface area (Å²) in [5.41, 5.74) is 0. The van der Waals surface area contributed by atoms with Crippen LogP contribution < -0.4 is 4.72 Å². The fraction of sp³-hybridized carbons (Fsp3) is 0.500. The van der Waals surface area contributed by atoms with Crippen LogP contribution in [-0.2, 0) is 14.8 Å². The highest BCUT2D eigenvalue weighted by molar-refractivity contribution is 7.91. The molecule has 0 saturated heterocycles. The first-order valence-corrected chi connectivity index (χ1v) is 7.96. The third-order valence-corrected chi connectivity index (χ3v) is 5.63. The first-order valence-electron chi connectivity index (χ1n) is 5.22. The number of hydrogen-bond acceptors (Lipinski definition) is 4. The lowest BCUT2D eigenvalue weighted by Crippen LogP contribution is -2.41. The number of carboxylic acids is 1. The SMILES string of the molecule is CC(C)C[C@@H](NS(=O)(=O)c1sccc1Cl)C(=O)O.